The van der Waals surface area contributed by atoms with E-state index in [9.17, 15) is 14.4 Å². The van der Waals surface area contributed by atoms with E-state index in [0.29, 0.717) is 16.9 Å². The smallest absolute Gasteiger partial charge is 0.325 e. The fourth-order valence-corrected chi connectivity index (χ4v) is 2.02. The minimum absolute atomic E-state index is 0.303. The summed E-state index contributed by atoms with van der Waals surface area (Å²) in [5.41, 5.74) is 1.90. The van der Waals surface area contributed by atoms with Crippen molar-refractivity contribution in [2.45, 2.75) is 6.92 Å². The molecular weight excluding hydrogens is 322 g/mol. The number of hydrogen-bond donors (Lipinski definition) is 1. The molecule has 0 aromatic heterocycles. The first kappa shape index (κ1) is 18.2. The van der Waals surface area contributed by atoms with E-state index in [1.807, 2.05) is 6.92 Å². The van der Waals surface area contributed by atoms with Gasteiger partial charge in [-0.2, -0.15) is 0 Å². The molecule has 0 aliphatic heterocycles. The molecule has 1 N–H and O–H groups in total. The predicted octanol–water partition coefficient (Wildman–Crippen LogP) is 2.16. The van der Waals surface area contributed by atoms with E-state index in [1.165, 1.54) is 7.11 Å². The van der Waals surface area contributed by atoms with Gasteiger partial charge in [-0.3, -0.25) is 14.4 Å². The average molecular weight is 341 g/mol. The third kappa shape index (κ3) is 5.46. The SMILES string of the molecule is COc1ccc(C(=O)COC(=O)CNC(=O)c2ccc(C)cc2)cc1. The number of methoxy groups -OCH3 is 1. The number of nitrogens with one attached hydrogen (secondary N) is 1. The van der Waals surface area contributed by atoms with Crippen molar-refractivity contribution >= 4 is 17.7 Å². The van der Waals surface area contributed by atoms with Gasteiger partial charge in [-0.15, -0.1) is 0 Å². The van der Waals surface area contributed by atoms with E-state index >= 15 is 0 Å². The van der Waals surface area contributed by atoms with Crippen LogP contribution in [0.5, 0.6) is 5.75 Å². The molecule has 0 spiro atoms. The van der Waals surface area contributed by atoms with Crippen molar-refractivity contribution in [3.05, 3.63) is 65.2 Å². The molecular formula is C19H19NO5. The van der Waals surface area contributed by atoms with Gasteiger partial charge in [-0.1, -0.05) is 17.7 Å². The van der Waals surface area contributed by atoms with E-state index in [0.717, 1.165) is 5.56 Å². The zero-order valence-electron chi connectivity index (χ0n) is 14.1. The van der Waals surface area contributed by atoms with Crippen molar-refractivity contribution < 1.29 is 23.9 Å². The molecule has 0 fully saturated rings. The summed E-state index contributed by atoms with van der Waals surface area (Å²) in [6.07, 6.45) is 0. The van der Waals surface area contributed by atoms with Gasteiger partial charge in [0.15, 0.2) is 12.4 Å². The first-order chi connectivity index (χ1) is 12.0. The highest BCUT2D eigenvalue weighted by molar-refractivity contribution is 5.98. The van der Waals surface area contributed by atoms with Crippen LogP contribution in [-0.4, -0.2) is 37.9 Å². The maximum atomic E-state index is 11.9. The van der Waals surface area contributed by atoms with Crippen molar-refractivity contribution in [3.8, 4) is 5.75 Å². The molecule has 0 saturated heterocycles. The molecule has 2 rings (SSSR count). The van der Waals surface area contributed by atoms with Crippen LogP contribution in [0.3, 0.4) is 0 Å². The maximum Gasteiger partial charge on any atom is 0.325 e. The van der Waals surface area contributed by atoms with Gasteiger partial charge in [-0.05, 0) is 43.3 Å². The number of carbonyl (C=O) groups is 3. The second kappa shape index (κ2) is 8.63. The Hall–Kier alpha value is -3.15. The Balaban J connectivity index is 1.77. The van der Waals surface area contributed by atoms with E-state index in [4.69, 9.17) is 9.47 Å². The number of ether oxygens (including phenoxy) is 2. The highest BCUT2D eigenvalue weighted by Gasteiger charge is 2.12. The number of esters is 1. The van der Waals surface area contributed by atoms with Crippen LogP contribution in [0.25, 0.3) is 0 Å². The maximum absolute atomic E-state index is 11.9. The average Bonchev–Trinajstić information content (AvgIpc) is 2.64. The van der Waals surface area contributed by atoms with Gasteiger partial charge in [-0.25, -0.2) is 0 Å². The summed E-state index contributed by atoms with van der Waals surface area (Å²) in [4.78, 5) is 35.5. The number of ketones is 1. The molecule has 0 atom stereocenters. The zero-order chi connectivity index (χ0) is 18.2. The number of carbonyl (C=O) groups excluding carboxylic acids is 3. The van der Waals surface area contributed by atoms with Gasteiger partial charge in [0.1, 0.15) is 12.3 Å². The normalized spacial score (nSPS) is 10.0. The third-order valence-corrected chi connectivity index (χ3v) is 3.48. The molecule has 1 amide bonds. The molecule has 0 unspecified atom stereocenters. The van der Waals surface area contributed by atoms with Crippen LogP contribution in [0, 0.1) is 6.92 Å². The number of rotatable bonds is 7. The molecule has 6 heteroatoms. The van der Waals surface area contributed by atoms with Crippen LogP contribution < -0.4 is 10.1 Å². The van der Waals surface area contributed by atoms with Crippen LogP contribution in [0.1, 0.15) is 26.3 Å². The summed E-state index contributed by atoms with van der Waals surface area (Å²) < 4.78 is 9.89. The molecule has 0 bridgehead atoms. The lowest BCUT2D eigenvalue weighted by atomic mass is 10.1. The zero-order valence-corrected chi connectivity index (χ0v) is 14.1. The second-order valence-corrected chi connectivity index (χ2v) is 5.36. The van der Waals surface area contributed by atoms with E-state index in [-0.39, 0.29) is 24.8 Å². The number of benzene rings is 2. The Morgan fingerprint density at radius 1 is 0.920 bits per heavy atom. The summed E-state index contributed by atoms with van der Waals surface area (Å²) in [6, 6.07) is 13.4. The van der Waals surface area contributed by atoms with Crippen LogP contribution in [0.4, 0.5) is 0 Å². The number of amides is 1. The molecule has 2 aromatic rings. The fourth-order valence-electron chi connectivity index (χ4n) is 2.02. The Morgan fingerprint density at radius 2 is 1.52 bits per heavy atom. The highest BCUT2D eigenvalue weighted by atomic mass is 16.5. The van der Waals surface area contributed by atoms with Crippen molar-refractivity contribution in [3.63, 3.8) is 0 Å². The fraction of sp³-hybridized carbons (Fsp3) is 0.211. The van der Waals surface area contributed by atoms with E-state index < -0.39 is 5.97 Å². The molecule has 130 valence electrons. The number of aryl methyl sites for hydroxylation is 1. The Labute approximate surface area is 145 Å². The Morgan fingerprint density at radius 3 is 2.12 bits per heavy atom. The molecule has 0 aliphatic carbocycles. The summed E-state index contributed by atoms with van der Waals surface area (Å²) in [5.74, 6) is -0.756. The Bertz CT molecular complexity index is 750. The molecule has 6 nitrogen and oxygen atoms in total. The largest absolute Gasteiger partial charge is 0.497 e. The van der Waals surface area contributed by atoms with Crippen LogP contribution in [0.15, 0.2) is 48.5 Å². The lowest BCUT2D eigenvalue weighted by molar-refractivity contribution is -0.141. The van der Waals surface area contributed by atoms with Crippen molar-refractivity contribution in [2.24, 2.45) is 0 Å². The van der Waals surface area contributed by atoms with Gasteiger partial charge in [0.05, 0.1) is 7.11 Å². The highest BCUT2D eigenvalue weighted by Crippen LogP contribution is 2.11. The monoisotopic (exact) mass is 341 g/mol. The van der Waals surface area contributed by atoms with Crippen LogP contribution in [-0.2, 0) is 9.53 Å². The summed E-state index contributed by atoms with van der Waals surface area (Å²) in [7, 11) is 1.53. The van der Waals surface area contributed by atoms with Crippen molar-refractivity contribution in [2.75, 3.05) is 20.3 Å². The minimum atomic E-state index is -0.678. The lowest BCUT2D eigenvalue weighted by Crippen LogP contribution is -2.31. The molecule has 25 heavy (non-hydrogen) atoms. The van der Waals surface area contributed by atoms with Gasteiger partial charge in [0.2, 0.25) is 0 Å². The minimum Gasteiger partial charge on any atom is -0.497 e. The topological polar surface area (TPSA) is 81.7 Å². The van der Waals surface area contributed by atoms with Gasteiger partial charge in [0, 0.05) is 11.1 Å². The second-order valence-electron chi connectivity index (χ2n) is 5.36. The first-order valence-electron chi connectivity index (χ1n) is 7.67. The summed E-state index contributed by atoms with van der Waals surface area (Å²) >= 11 is 0. The summed E-state index contributed by atoms with van der Waals surface area (Å²) in [5, 5.41) is 2.46. The van der Waals surface area contributed by atoms with E-state index in [1.54, 1.807) is 48.5 Å². The van der Waals surface area contributed by atoms with Crippen molar-refractivity contribution in [1.82, 2.24) is 5.32 Å². The van der Waals surface area contributed by atoms with Gasteiger partial charge >= 0.3 is 5.97 Å². The quantitative estimate of drug-likeness (QED) is 0.616. The molecule has 0 aliphatic rings. The predicted molar refractivity (Wildman–Crippen MR) is 91.8 cm³/mol. The summed E-state index contributed by atoms with van der Waals surface area (Å²) in [6.45, 7) is 1.23. The number of hydrogen-bond acceptors (Lipinski definition) is 5. The van der Waals surface area contributed by atoms with E-state index in [2.05, 4.69) is 5.32 Å². The number of Topliss-reactive ketones (excluding diaryl/α,β-unsaturated/α-hetero) is 1. The van der Waals surface area contributed by atoms with Gasteiger partial charge < -0.3 is 14.8 Å². The first-order valence-corrected chi connectivity index (χ1v) is 7.67. The molecule has 2 aromatic carbocycles. The molecule has 0 radical (unpaired) electrons. The molecule has 0 saturated carbocycles. The van der Waals surface area contributed by atoms with Crippen LogP contribution >= 0.6 is 0 Å². The van der Waals surface area contributed by atoms with Crippen LogP contribution in [0.2, 0.25) is 0 Å². The lowest BCUT2D eigenvalue weighted by Gasteiger charge is -2.07. The van der Waals surface area contributed by atoms with Gasteiger partial charge in [0.25, 0.3) is 5.91 Å². The Kier molecular flexibility index (Phi) is 6.28. The standard InChI is InChI=1S/C19H19NO5/c1-13-3-5-15(6-4-13)19(23)20-11-18(22)25-12-17(21)14-7-9-16(24-2)10-8-14/h3-10H,11-12H2,1-2H3,(H,20,23). The van der Waals surface area contributed by atoms with Crippen molar-refractivity contribution in [1.29, 1.82) is 0 Å². The third-order valence-electron chi connectivity index (χ3n) is 3.48. The molecule has 0 heterocycles.